The summed E-state index contributed by atoms with van der Waals surface area (Å²) >= 11 is 11.9. The van der Waals surface area contributed by atoms with Gasteiger partial charge in [-0.15, -0.1) is 0 Å². The van der Waals surface area contributed by atoms with Gasteiger partial charge in [-0.2, -0.15) is 0 Å². The van der Waals surface area contributed by atoms with Gasteiger partial charge in [0.2, 0.25) is 0 Å². The maximum absolute atomic E-state index is 12.4. The molecule has 21 heavy (non-hydrogen) atoms. The van der Waals surface area contributed by atoms with Crippen LogP contribution in [0.15, 0.2) is 41.3 Å². The fourth-order valence-electron chi connectivity index (χ4n) is 2.31. The highest BCUT2D eigenvalue weighted by atomic mass is 35.5. The summed E-state index contributed by atoms with van der Waals surface area (Å²) in [6.45, 7) is 0.863. The van der Waals surface area contributed by atoms with Gasteiger partial charge in [0.15, 0.2) is 0 Å². The quantitative estimate of drug-likeness (QED) is 0.892. The highest BCUT2D eigenvalue weighted by molar-refractivity contribution is 7.93. The predicted octanol–water partition coefficient (Wildman–Crippen LogP) is 3.76. The first-order valence-electron chi connectivity index (χ1n) is 6.31. The second-order valence-corrected chi connectivity index (χ2v) is 7.14. The van der Waals surface area contributed by atoms with Gasteiger partial charge < -0.3 is 5.32 Å². The van der Waals surface area contributed by atoms with Crippen LogP contribution in [0.25, 0.3) is 0 Å². The van der Waals surface area contributed by atoms with Gasteiger partial charge in [-0.05, 0) is 42.3 Å². The Labute approximate surface area is 133 Å². The van der Waals surface area contributed by atoms with Crippen LogP contribution in [0.4, 0.5) is 11.4 Å². The number of halogens is 2. The lowest BCUT2D eigenvalue weighted by Crippen LogP contribution is -2.14. The van der Waals surface area contributed by atoms with Gasteiger partial charge in [0.25, 0.3) is 10.0 Å². The van der Waals surface area contributed by atoms with Gasteiger partial charge in [0, 0.05) is 17.9 Å². The largest absolute Gasteiger partial charge is 0.384 e. The van der Waals surface area contributed by atoms with Gasteiger partial charge in [0.05, 0.1) is 10.0 Å². The molecule has 0 spiro atoms. The number of hydrogen-bond donors (Lipinski definition) is 2. The molecule has 0 radical (unpaired) electrons. The molecule has 0 unspecified atom stereocenters. The summed E-state index contributed by atoms with van der Waals surface area (Å²) in [5.74, 6) is 0. The van der Waals surface area contributed by atoms with Crippen LogP contribution in [0.5, 0.6) is 0 Å². The Morgan fingerprint density at radius 1 is 1.10 bits per heavy atom. The molecule has 3 rings (SSSR count). The summed E-state index contributed by atoms with van der Waals surface area (Å²) in [7, 11) is -3.83. The predicted molar refractivity (Wildman–Crippen MR) is 85.9 cm³/mol. The third-order valence-corrected chi connectivity index (χ3v) is 5.59. The molecule has 0 saturated carbocycles. The molecule has 0 aromatic heterocycles. The molecule has 7 heteroatoms. The third kappa shape index (κ3) is 2.81. The second-order valence-electron chi connectivity index (χ2n) is 4.70. The van der Waals surface area contributed by atoms with Gasteiger partial charge in [-0.1, -0.05) is 29.3 Å². The van der Waals surface area contributed by atoms with Gasteiger partial charge in [-0.3, -0.25) is 4.72 Å². The average Bonchev–Trinajstić information content (AvgIpc) is 2.85. The Hall–Kier alpha value is -1.43. The zero-order valence-electron chi connectivity index (χ0n) is 10.9. The van der Waals surface area contributed by atoms with Crippen LogP contribution in [0.2, 0.25) is 10.0 Å². The number of benzene rings is 2. The Bertz CT molecular complexity index is 786. The van der Waals surface area contributed by atoms with E-state index in [-0.39, 0.29) is 14.9 Å². The summed E-state index contributed by atoms with van der Waals surface area (Å²) in [5.41, 5.74) is 2.61. The van der Waals surface area contributed by atoms with Crippen molar-refractivity contribution in [2.24, 2.45) is 0 Å². The third-order valence-electron chi connectivity index (χ3n) is 3.25. The fraction of sp³-hybridized carbons (Fsp3) is 0.143. The van der Waals surface area contributed by atoms with Crippen LogP contribution in [0.3, 0.4) is 0 Å². The molecule has 1 aliphatic rings. The molecule has 0 saturated heterocycles. The van der Waals surface area contributed by atoms with Gasteiger partial charge in [-0.25, -0.2) is 8.42 Å². The van der Waals surface area contributed by atoms with Crippen molar-refractivity contribution in [3.63, 3.8) is 0 Å². The average molecular weight is 343 g/mol. The molecule has 0 amide bonds. The molecule has 0 atom stereocenters. The van der Waals surface area contributed by atoms with Crippen molar-refractivity contribution in [1.82, 2.24) is 0 Å². The van der Waals surface area contributed by atoms with Crippen LogP contribution in [-0.4, -0.2) is 15.0 Å². The molecule has 2 aromatic rings. The van der Waals surface area contributed by atoms with Crippen molar-refractivity contribution in [3.05, 3.63) is 52.0 Å². The topological polar surface area (TPSA) is 58.2 Å². The van der Waals surface area contributed by atoms with Crippen molar-refractivity contribution >= 4 is 44.6 Å². The van der Waals surface area contributed by atoms with Crippen LogP contribution in [-0.2, 0) is 16.4 Å². The monoisotopic (exact) mass is 342 g/mol. The van der Waals surface area contributed by atoms with E-state index in [4.69, 9.17) is 23.2 Å². The molecule has 1 heterocycles. The van der Waals surface area contributed by atoms with Crippen molar-refractivity contribution in [2.45, 2.75) is 11.3 Å². The summed E-state index contributed by atoms with van der Waals surface area (Å²) in [6, 6.07) is 9.97. The standard InChI is InChI=1S/C14H12Cl2N2O2S/c15-11-2-1-3-12(16)14(11)21(19,20)18-10-4-5-13-9(8-10)6-7-17-13/h1-5,8,17-18H,6-7H2. The lowest BCUT2D eigenvalue weighted by molar-refractivity contribution is 0.601. The Morgan fingerprint density at radius 2 is 1.81 bits per heavy atom. The molecule has 0 fully saturated rings. The Morgan fingerprint density at radius 3 is 2.52 bits per heavy atom. The SMILES string of the molecule is O=S(=O)(Nc1ccc2c(c1)CCN2)c1c(Cl)cccc1Cl. The molecule has 0 aliphatic carbocycles. The minimum absolute atomic E-state index is 0.0952. The summed E-state index contributed by atoms with van der Waals surface area (Å²) in [4.78, 5) is -0.105. The van der Waals surface area contributed by atoms with E-state index in [9.17, 15) is 8.42 Å². The minimum Gasteiger partial charge on any atom is -0.384 e. The second kappa shape index (κ2) is 5.40. The number of nitrogens with one attached hydrogen (secondary N) is 2. The smallest absolute Gasteiger partial charge is 0.264 e. The molecule has 4 nitrogen and oxygen atoms in total. The molecule has 0 bridgehead atoms. The molecule has 2 aromatic carbocycles. The lowest BCUT2D eigenvalue weighted by atomic mass is 10.1. The van der Waals surface area contributed by atoms with E-state index in [2.05, 4.69) is 10.0 Å². The van der Waals surface area contributed by atoms with E-state index in [0.717, 1.165) is 24.2 Å². The molecular formula is C14H12Cl2N2O2S. The highest BCUT2D eigenvalue weighted by Crippen LogP contribution is 2.32. The van der Waals surface area contributed by atoms with Crippen LogP contribution >= 0.6 is 23.2 Å². The maximum atomic E-state index is 12.4. The van der Waals surface area contributed by atoms with E-state index >= 15 is 0 Å². The van der Waals surface area contributed by atoms with Gasteiger partial charge in [0.1, 0.15) is 4.90 Å². The number of rotatable bonds is 3. The fourth-order valence-corrected chi connectivity index (χ4v) is 4.51. The summed E-state index contributed by atoms with van der Waals surface area (Å²) < 4.78 is 27.4. The van der Waals surface area contributed by atoms with Crippen LogP contribution in [0, 0.1) is 0 Å². The highest BCUT2D eigenvalue weighted by Gasteiger charge is 2.22. The van der Waals surface area contributed by atoms with E-state index in [1.807, 2.05) is 12.1 Å². The maximum Gasteiger partial charge on any atom is 0.264 e. The normalized spacial score (nSPS) is 13.6. The van der Waals surface area contributed by atoms with Gasteiger partial charge >= 0.3 is 0 Å². The first kappa shape index (κ1) is 14.5. The number of fused-ring (bicyclic) bond motifs is 1. The van der Waals surface area contributed by atoms with Crippen LogP contribution < -0.4 is 10.0 Å². The van der Waals surface area contributed by atoms with Crippen molar-refractivity contribution in [2.75, 3.05) is 16.6 Å². The van der Waals surface area contributed by atoms with Crippen molar-refractivity contribution in [3.8, 4) is 0 Å². The van der Waals surface area contributed by atoms with Crippen molar-refractivity contribution in [1.29, 1.82) is 0 Å². The first-order chi connectivity index (χ1) is 9.97. The first-order valence-corrected chi connectivity index (χ1v) is 8.55. The molecule has 2 N–H and O–H groups in total. The van der Waals surface area contributed by atoms with E-state index in [1.54, 1.807) is 12.1 Å². The zero-order chi connectivity index (χ0) is 15.0. The minimum atomic E-state index is -3.83. The van der Waals surface area contributed by atoms with E-state index in [1.165, 1.54) is 12.1 Å². The number of hydrogen-bond acceptors (Lipinski definition) is 3. The Balaban J connectivity index is 1.97. The molecule has 1 aliphatic heterocycles. The Kier molecular flexibility index (Phi) is 3.73. The van der Waals surface area contributed by atoms with Crippen LogP contribution in [0.1, 0.15) is 5.56 Å². The summed E-state index contributed by atoms with van der Waals surface area (Å²) in [5, 5.41) is 3.41. The lowest BCUT2D eigenvalue weighted by Gasteiger charge is -2.12. The van der Waals surface area contributed by atoms with Crippen molar-refractivity contribution < 1.29 is 8.42 Å². The molecule has 110 valence electrons. The van der Waals surface area contributed by atoms with E-state index < -0.39 is 10.0 Å². The summed E-state index contributed by atoms with van der Waals surface area (Å²) in [6.07, 6.45) is 0.873. The number of anilines is 2. The zero-order valence-corrected chi connectivity index (χ0v) is 13.2. The molecular weight excluding hydrogens is 331 g/mol. The van der Waals surface area contributed by atoms with E-state index in [0.29, 0.717) is 5.69 Å². The number of sulfonamides is 1.